The summed E-state index contributed by atoms with van der Waals surface area (Å²) in [5, 5.41) is 0. The number of rotatable bonds is 6. The zero-order chi connectivity index (χ0) is 10.2. The lowest BCUT2D eigenvalue weighted by Gasteiger charge is -2.10. The maximum atomic E-state index is 5.25. The number of para-hydroxylation sites is 1. The van der Waals surface area contributed by atoms with Crippen molar-refractivity contribution in [1.82, 2.24) is 0 Å². The molecule has 0 saturated heterocycles. The highest BCUT2D eigenvalue weighted by molar-refractivity contribution is 5.38. The Labute approximate surface area is 83.3 Å². The molecule has 0 aliphatic rings. The van der Waals surface area contributed by atoms with Gasteiger partial charge in [0.15, 0.2) is 25.1 Å². The molecule has 0 aromatic heterocycles. The number of ether oxygens (including phenoxy) is 4. The highest BCUT2D eigenvalue weighted by Crippen LogP contribution is 2.25. The average Bonchev–Trinajstić information content (AvgIpc) is 2.24. The van der Waals surface area contributed by atoms with Gasteiger partial charge in [-0.2, -0.15) is 0 Å². The zero-order valence-electron chi connectivity index (χ0n) is 8.28. The fourth-order valence-electron chi connectivity index (χ4n) is 0.873. The quantitative estimate of drug-likeness (QED) is 0.647. The van der Waals surface area contributed by atoms with Gasteiger partial charge in [-0.1, -0.05) is 12.1 Å². The first-order valence-corrected chi connectivity index (χ1v) is 4.12. The number of hydrogen-bond acceptors (Lipinski definition) is 4. The Balaban J connectivity index is 2.60. The van der Waals surface area contributed by atoms with Crippen LogP contribution < -0.4 is 9.47 Å². The van der Waals surface area contributed by atoms with E-state index in [0.29, 0.717) is 11.5 Å². The molecule has 0 spiro atoms. The van der Waals surface area contributed by atoms with Gasteiger partial charge < -0.3 is 18.9 Å². The van der Waals surface area contributed by atoms with Gasteiger partial charge in [-0.05, 0) is 6.07 Å². The normalized spacial score (nSPS) is 9.86. The summed E-state index contributed by atoms with van der Waals surface area (Å²) in [5.41, 5.74) is 0. The predicted molar refractivity (Wildman–Crippen MR) is 50.3 cm³/mol. The van der Waals surface area contributed by atoms with Crippen LogP contribution in [0.15, 0.2) is 18.2 Å². The first-order valence-electron chi connectivity index (χ1n) is 4.12. The lowest BCUT2D eigenvalue weighted by atomic mass is 10.3. The highest BCUT2D eigenvalue weighted by Gasteiger charge is 2.03. The molecule has 14 heavy (non-hydrogen) atoms. The zero-order valence-corrected chi connectivity index (χ0v) is 8.28. The van der Waals surface area contributed by atoms with E-state index >= 15 is 0 Å². The van der Waals surface area contributed by atoms with Crippen LogP contribution in [0.5, 0.6) is 11.5 Å². The molecule has 1 radical (unpaired) electrons. The highest BCUT2D eigenvalue weighted by atomic mass is 16.7. The summed E-state index contributed by atoms with van der Waals surface area (Å²) in [6.07, 6.45) is 0. The molecular formula is C10H13O4. The maximum Gasteiger partial charge on any atom is 0.188 e. The van der Waals surface area contributed by atoms with Crippen LogP contribution in [0.3, 0.4) is 0 Å². The van der Waals surface area contributed by atoms with Crippen molar-refractivity contribution in [2.45, 2.75) is 0 Å². The lowest BCUT2D eigenvalue weighted by Crippen LogP contribution is -2.04. The molecule has 1 aromatic rings. The van der Waals surface area contributed by atoms with Gasteiger partial charge in [0.2, 0.25) is 0 Å². The molecule has 0 bridgehead atoms. The van der Waals surface area contributed by atoms with E-state index < -0.39 is 0 Å². The first-order chi connectivity index (χ1) is 6.88. The molecule has 4 nitrogen and oxygen atoms in total. The first kappa shape index (κ1) is 10.8. The van der Waals surface area contributed by atoms with Crippen LogP contribution in [-0.2, 0) is 9.47 Å². The third-order valence-electron chi connectivity index (χ3n) is 1.44. The second-order valence-corrected chi connectivity index (χ2v) is 2.47. The molecule has 0 fully saturated rings. The summed E-state index contributed by atoms with van der Waals surface area (Å²) in [6.45, 7) is 0.352. The van der Waals surface area contributed by atoms with E-state index in [1.54, 1.807) is 26.4 Å². The van der Waals surface area contributed by atoms with Gasteiger partial charge in [0, 0.05) is 20.3 Å². The van der Waals surface area contributed by atoms with E-state index in [4.69, 9.17) is 18.9 Å². The molecule has 0 unspecified atom stereocenters. The minimum absolute atomic E-state index is 0.170. The van der Waals surface area contributed by atoms with Gasteiger partial charge >= 0.3 is 0 Å². The van der Waals surface area contributed by atoms with Gasteiger partial charge in [-0.15, -0.1) is 0 Å². The van der Waals surface area contributed by atoms with Gasteiger partial charge in [-0.3, -0.25) is 0 Å². The van der Waals surface area contributed by atoms with Crippen molar-refractivity contribution in [3.8, 4) is 11.5 Å². The molecule has 0 saturated carbocycles. The van der Waals surface area contributed by atoms with E-state index in [1.807, 2.05) is 6.07 Å². The second-order valence-electron chi connectivity index (χ2n) is 2.47. The largest absolute Gasteiger partial charge is 0.464 e. The van der Waals surface area contributed by atoms with Crippen molar-refractivity contribution in [2.75, 3.05) is 27.8 Å². The summed E-state index contributed by atoms with van der Waals surface area (Å²) in [6, 6.07) is 8.23. The molecule has 0 atom stereocenters. The van der Waals surface area contributed by atoms with Crippen LogP contribution in [-0.4, -0.2) is 27.8 Å². The predicted octanol–water partition coefficient (Wildman–Crippen LogP) is 1.45. The monoisotopic (exact) mass is 197 g/mol. The fourth-order valence-corrected chi connectivity index (χ4v) is 0.873. The molecule has 0 aliphatic heterocycles. The van der Waals surface area contributed by atoms with Crippen LogP contribution in [0, 0.1) is 6.07 Å². The molecule has 0 N–H and O–H groups in total. The van der Waals surface area contributed by atoms with Crippen molar-refractivity contribution in [3.05, 3.63) is 24.3 Å². The Bertz CT molecular complexity index is 235. The molecule has 4 heteroatoms. The van der Waals surface area contributed by atoms with E-state index in [0.717, 1.165) is 0 Å². The van der Waals surface area contributed by atoms with Crippen molar-refractivity contribution in [3.63, 3.8) is 0 Å². The maximum absolute atomic E-state index is 5.25. The summed E-state index contributed by atoms with van der Waals surface area (Å²) in [7, 11) is 3.11. The molecule has 77 valence electrons. The Kier molecular flexibility index (Phi) is 4.82. The van der Waals surface area contributed by atoms with Crippen LogP contribution in [0.1, 0.15) is 0 Å². The minimum atomic E-state index is 0.170. The Hall–Kier alpha value is -1.26. The smallest absolute Gasteiger partial charge is 0.188 e. The Morgan fingerprint density at radius 1 is 1.14 bits per heavy atom. The van der Waals surface area contributed by atoms with Crippen LogP contribution >= 0.6 is 0 Å². The van der Waals surface area contributed by atoms with E-state index in [1.165, 1.54) is 0 Å². The van der Waals surface area contributed by atoms with Gasteiger partial charge in [0.1, 0.15) is 0 Å². The SMILES string of the molecule is COCOc1[c]cccc1OCOC. The molecule has 0 amide bonds. The van der Waals surface area contributed by atoms with Crippen molar-refractivity contribution in [2.24, 2.45) is 0 Å². The summed E-state index contributed by atoms with van der Waals surface area (Å²) >= 11 is 0. The van der Waals surface area contributed by atoms with Gasteiger partial charge in [-0.25, -0.2) is 0 Å². The Morgan fingerprint density at radius 2 is 1.86 bits per heavy atom. The van der Waals surface area contributed by atoms with Crippen LogP contribution in [0.25, 0.3) is 0 Å². The lowest BCUT2D eigenvalue weighted by molar-refractivity contribution is 0.0321. The van der Waals surface area contributed by atoms with Gasteiger partial charge in [0.05, 0.1) is 0 Å². The molecule has 1 aromatic carbocycles. The van der Waals surface area contributed by atoms with Crippen molar-refractivity contribution in [1.29, 1.82) is 0 Å². The standard InChI is InChI=1S/C10H13O4/c1-11-7-13-9-5-3-4-6-10(9)14-8-12-2/h3-5H,7-8H2,1-2H3. The summed E-state index contributed by atoms with van der Waals surface area (Å²) in [4.78, 5) is 0. The molecule has 0 heterocycles. The Morgan fingerprint density at radius 3 is 2.57 bits per heavy atom. The summed E-state index contributed by atoms with van der Waals surface area (Å²) < 4.78 is 20.0. The fraction of sp³-hybridized carbons (Fsp3) is 0.400. The van der Waals surface area contributed by atoms with Crippen molar-refractivity contribution < 1.29 is 18.9 Å². The third-order valence-corrected chi connectivity index (χ3v) is 1.44. The number of benzene rings is 1. The summed E-state index contributed by atoms with van der Waals surface area (Å²) in [5.74, 6) is 1.11. The number of hydrogen-bond donors (Lipinski definition) is 0. The molecular weight excluding hydrogens is 184 g/mol. The number of methoxy groups -OCH3 is 2. The minimum Gasteiger partial charge on any atom is -0.464 e. The van der Waals surface area contributed by atoms with E-state index in [-0.39, 0.29) is 13.6 Å². The third kappa shape index (κ3) is 3.24. The second kappa shape index (κ2) is 6.23. The van der Waals surface area contributed by atoms with Crippen LogP contribution in [0.2, 0.25) is 0 Å². The van der Waals surface area contributed by atoms with Crippen molar-refractivity contribution >= 4 is 0 Å². The van der Waals surface area contributed by atoms with Crippen LogP contribution in [0.4, 0.5) is 0 Å². The van der Waals surface area contributed by atoms with E-state index in [2.05, 4.69) is 6.07 Å². The van der Waals surface area contributed by atoms with E-state index in [9.17, 15) is 0 Å². The molecule has 0 aliphatic carbocycles. The topological polar surface area (TPSA) is 36.9 Å². The average molecular weight is 197 g/mol. The molecule has 1 rings (SSSR count). The van der Waals surface area contributed by atoms with Gasteiger partial charge in [0.25, 0.3) is 0 Å².